The molecule has 18 heavy (non-hydrogen) atoms. The highest BCUT2D eigenvalue weighted by Crippen LogP contribution is 2.43. The van der Waals surface area contributed by atoms with Crippen LogP contribution in [-0.4, -0.2) is 12.1 Å². The van der Waals surface area contributed by atoms with Crippen LogP contribution in [0.15, 0.2) is 18.2 Å². The Labute approximate surface area is 105 Å². The summed E-state index contributed by atoms with van der Waals surface area (Å²) >= 11 is 0. The molecule has 0 saturated heterocycles. The molecule has 0 amide bonds. The molecule has 0 bridgehead atoms. The lowest BCUT2D eigenvalue weighted by atomic mass is 9.99. The fourth-order valence-electron chi connectivity index (χ4n) is 1.26. The molecular weight excluding hydrogens is 284 g/mol. The Morgan fingerprint density at radius 2 is 1.61 bits per heavy atom. The molecule has 1 nitrogen and oxygen atoms in total. The van der Waals surface area contributed by atoms with Gasteiger partial charge in [0.25, 0.3) is 0 Å². The molecule has 0 radical (unpaired) electrons. The van der Waals surface area contributed by atoms with Crippen molar-refractivity contribution < 1.29 is 26.3 Å². The molecule has 1 aromatic carbocycles. The Hall–Kier alpha value is -0.950. The third kappa shape index (κ3) is 3.08. The summed E-state index contributed by atoms with van der Waals surface area (Å²) in [6.07, 6.45) is -5.82. The molecule has 0 aliphatic rings. The first-order valence-corrected chi connectivity index (χ1v) is 4.53. The second-order valence-corrected chi connectivity index (χ2v) is 3.62. The lowest BCUT2D eigenvalue weighted by Gasteiger charge is -2.26. The smallest absolute Gasteiger partial charge is 0.319 e. The van der Waals surface area contributed by atoms with E-state index in [1.54, 1.807) is 0 Å². The van der Waals surface area contributed by atoms with Gasteiger partial charge < -0.3 is 5.73 Å². The number of rotatable bonds is 2. The lowest BCUT2D eigenvalue weighted by Crippen LogP contribution is -2.46. The summed E-state index contributed by atoms with van der Waals surface area (Å²) in [5, 5.41) is 0. The van der Waals surface area contributed by atoms with E-state index in [9.17, 15) is 26.3 Å². The van der Waals surface area contributed by atoms with E-state index in [0.717, 1.165) is 12.1 Å². The number of hydrogen-bond donors (Lipinski definition) is 1. The lowest BCUT2D eigenvalue weighted by molar-refractivity contribution is -0.291. The van der Waals surface area contributed by atoms with Gasteiger partial charge in [0.1, 0.15) is 11.9 Å². The summed E-state index contributed by atoms with van der Waals surface area (Å²) in [6, 6.07) is 0.129. The highest BCUT2D eigenvalue weighted by atomic mass is 35.5. The topological polar surface area (TPSA) is 26.0 Å². The van der Waals surface area contributed by atoms with Crippen LogP contribution in [0.25, 0.3) is 0 Å². The minimum Gasteiger partial charge on any atom is -0.319 e. The van der Waals surface area contributed by atoms with Crippen molar-refractivity contribution in [3.63, 3.8) is 0 Å². The molecule has 0 saturated carbocycles. The SMILES string of the molecule is Cc1ccc([C@H](N)C(F)(F)C(F)(F)F)c(F)c1.Cl. The Morgan fingerprint density at radius 1 is 1.11 bits per heavy atom. The zero-order chi connectivity index (χ0) is 13.4. The van der Waals surface area contributed by atoms with E-state index >= 15 is 0 Å². The fourth-order valence-corrected chi connectivity index (χ4v) is 1.26. The van der Waals surface area contributed by atoms with E-state index in [1.807, 2.05) is 0 Å². The van der Waals surface area contributed by atoms with Gasteiger partial charge in [-0.15, -0.1) is 12.4 Å². The van der Waals surface area contributed by atoms with Crippen LogP contribution >= 0.6 is 12.4 Å². The molecule has 0 aliphatic carbocycles. The van der Waals surface area contributed by atoms with E-state index in [0.29, 0.717) is 5.56 Å². The number of nitrogens with two attached hydrogens (primary N) is 1. The van der Waals surface area contributed by atoms with Crippen LogP contribution < -0.4 is 5.73 Å². The molecule has 1 atom stereocenters. The Bertz CT molecular complexity index is 417. The highest BCUT2D eigenvalue weighted by molar-refractivity contribution is 5.85. The summed E-state index contributed by atoms with van der Waals surface area (Å²) in [4.78, 5) is 0. The Balaban J connectivity index is 0.00000289. The van der Waals surface area contributed by atoms with Crippen molar-refractivity contribution in [2.45, 2.75) is 25.1 Å². The molecule has 0 heterocycles. The van der Waals surface area contributed by atoms with Gasteiger partial charge in [-0.3, -0.25) is 0 Å². The first kappa shape index (κ1) is 17.1. The van der Waals surface area contributed by atoms with Crippen molar-refractivity contribution in [1.82, 2.24) is 0 Å². The monoisotopic (exact) mass is 293 g/mol. The second-order valence-electron chi connectivity index (χ2n) is 3.62. The molecular formula is C10H10ClF6N. The van der Waals surface area contributed by atoms with Gasteiger partial charge in [0.15, 0.2) is 0 Å². The van der Waals surface area contributed by atoms with Gasteiger partial charge >= 0.3 is 12.1 Å². The standard InChI is InChI=1S/C10H9F6N.ClH/c1-5-2-3-6(7(11)4-5)8(17)9(12,13)10(14,15)16;/h2-4,8H,17H2,1H3;1H/t8-;/m0./s1. The summed E-state index contributed by atoms with van der Waals surface area (Å²) in [6.45, 7) is 1.47. The Kier molecular flexibility index (Phi) is 5.07. The van der Waals surface area contributed by atoms with Crippen molar-refractivity contribution in [2.75, 3.05) is 0 Å². The van der Waals surface area contributed by atoms with Crippen molar-refractivity contribution in [3.05, 3.63) is 35.1 Å². The molecule has 0 spiro atoms. The minimum absolute atomic E-state index is 0. The van der Waals surface area contributed by atoms with Crippen molar-refractivity contribution >= 4 is 12.4 Å². The number of benzene rings is 1. The summed E-state index contributed by atoms with van der Waals surface area (Å²) in [5.74, 6) is -6.36. The van der Waals surface area contributed by atoms with Crippen LogP contribution in [0.4, 0.5) is 26.3 Å². The van der Waals surface area contributed by atoms with Crippen LogP contribution in [0.3, 0.4) is 0 Å². The first-order valence-electron chi connectivity index (χ1n) is 4.53. The van der Waals surface area contributed by atoms with Crippen molar-refractivity contribution in [1.29, 1.82) is 0 Å². The molecule has 0 aliphatic heterocycles. The molecule has 0 fully saturated rings. The fraction of sp³-hybridized carbons (Fsp3) is 0.400. The van der Waals surface area contributed by atoms with E-state index in [-0.39, 0.29) is 12.4 Å². The second kappa shape index (κ2) is 5.36. The number of aryl methyl sites for hydroxylation is 1. The number of alkyl halides is 5. The molecule has 0 aromatic heterocycles. The van der Waals surface area contributed by atoms with Crippen LogP contribution in [-0.2, 0) is 0 Å². The average Bonchev–Trinajstić information content (AvgIpc) is 2.14. The van der Waals surface area contributed by atoms with E-state index in [4.69, 9.17) is 5.73 Å². The van der Waals surface area contributed by atoms with Crippen molar-refractivity contribution in [2.24, 2.45) is 5.73 Å². The molecule has 104 valence electrons. The summed E-state index contributed by atoms with van der Waals surface area (Å²) < 4.78 is 75.1. The van der Waals surface area contributed by atoms with E-state index in [2.05, 4.69) is 0 Å². The molecule has 1 rings (SSSR count). The first-order chi connectivity index (χ1) is 7.57. The van der Waals surface area contributed by atoms with Gasteiger partial charge in [0.05, 0.1) is 0 Å². The normalized spacial score (nSPS) is 14.0. The minimum atomic E-state index is -5.82. The van der Waals surface area contributed by atoms with Gasteiger partial charge in [-0.2, -0.15) is 22.0 Å². The van der Waals surface area contributed by atoms with Crippen LogP contribution in [0, 0.1) is 12.7 Å². The molecule has 8 heteroatoms. The third-order valence-electron chi connectivity index (χ3n) is 2.26. The van der Waals surface area contributed by atoms with Gasteiger partial charge in [0, 0.05) is 5.56 Å². The summed E-state index contributed by atoms with van der Waals surface area (Å²) in [5.41, 5.74) is 4.33. The Morgan fingerprint density at radius 3 is 2.00 bits per heavy atom. The zero-order valence-electron chi connectivity index (χ0n) is 9.06. The molecule has 0 unspecified atom stereocenters. The van der Waals surface area contributed by atoms with Gasteiger partial charge in [-0.1, -0.05) is 12.1 Å². The zero-order valence-corrected chi connectivity index (χ0v) is 9.88. The van der Waals surface area contributed by atoms with Gasteiger partial charge in [0.2, 0.25) is 0 Å². The predicted molar refractivity (Wildman–Crippen MR) is 56.3 cm³/mol. The largest absolute Gasteiger partial charge is 0.455 e. The van der Waals surface area contributed by atoms with Crippen LogP contribution in [0.5, 0.6) is 0 Å². The number of halogens is 7. The van der Waals surface area contributed by atoms with Crippen molar-refractivity contribution in [3.8, 4) is 0 Å². The van der Waals surface area contributed by atoms with Gasteiger partial charge in [-0.25, -0.2) is 4.39 Å². The van der Waals surface area contributed by atoms with E-state index < -0.39 is 29.5 Å². The molecule has 2 N–H and O–H groups in total. The van der Waals surface area contributed by atoms with Gasteiger partial charge in [-0.05, 0) is 18.6 Å². The maximum Gasteiger partial charge on any atom is 0.455 e. The third-order valence-corrected chi connectivity index (χ3v) is 2.26. The van der Waals surface area contributed by atoms with E-state index in [1.165, 1.54) is 13.0 Å². The maximum absolute atomic E-state index is 13.2. The maximum atomic E-state index is 13.2. The summed E-state index contributed by atoms with van der Waals surface area (Å²) in [7, 11) is 0. The molecule has 1 aromatic rings. The predicted octanol–water partition coefficient (Wildman–Crippen LogP) is 3.75. The highest BCUT2D eigenvalue weighted by Gasteiger charge is 2.62. The average molecular weight is 294 g/mol. The quantitative estimate of drug-likeness (QED) is 0.826. The van der Waals surface area contributed by atoms with Crippen LogP contribution in [0.1, 0.15) is 17.2 Å². The van der Waals surface area contributed by atoms with Crippen LogP contribution in [0.2, 0.25) is 0 Å². The number of hydrogen-bond acceptors (Lipinski definition) is 1.